The van der Waals surface area contributed by atoms with E-state index in [-0.39, 0.29) is 0 Å². The first-order chi connectivity index (χ1) is 9.15. The molecule has 98 valence electrons. The molecule has 0 radical (unpaired) electrons. The average Bonchev–Trinajstić information content (AvgIpc) is 2.42. The fourth-order valence-corrected chi connectivity index (χ4v) is 1.96. The largest absolute Gasteiger partial charge is 0.348 e. The van der Waals surface area contributed by atoms with Gasteiger partial charge in [-0.3, -0.25) is 0 Å². The van der Waals surface area contributed by atoms with Crippen LogP contribution in [0.1, 0.15) is 11.1 Å². The number of aryl methyl sites for hydroxylation is 1. The Morgan fingerprint density at radius 2 is 1.68 bits per heavy atom. The molecule has 19 heavy (non-hydrogen) atoms. The molecule has 0 heterocycles. The molecular formula is C16H18N2S. The highest BCUT2D eigenvalue weighted by molar-refractivity contribution is 7.80. The summed E-state index contributed by atoms with van der Waals surface area (Å²) in [4.78, 5) is 2.03. The Bertz CT molecular complexity index is 534. The quantitative estimate of drug-likeness (QED) is 0.854. The Balaban J connectivity index is 1.94. The van der Waals surface area contributed by atoms with Crippen LogP contribution in [0.4, 0.5) is 5.69 Å². The molecule has 0 amide bonds. The van der Waals surface area contributed by atoms with Crippen LogP contribution in [0.25, 0.3) is 0 Å². The van der Waals surface area contributed by atoms with Crippen LogP contribution in [-0.2, 0) is 6.54 Å². The van der Waals surface area contributed by atoms with Crippen LogP contribution < -0.4 is 5.32 Å². The maximum Gasteiger partial charge on any atom is 0.173 e. The van der Waals surface area contributed by atoms with Gasteiger partial charge in [0.1, 0.15) is 0 Å². The van der Waals surface area contributed by atoms with E-state index in [1.165, 1.54) is 11.1 Å². The summed E-state index contributed by atoms with van der Waals surface area (Å²) in [6, 6.07) is 18.5. The molecule has 0 bridgehead atoms. The summed E-state index contributed by atoms with van der Waals surface area (Å²) in [6.07, 6.45) is 0. The number of nitrogens with zero attached hydrogens (tertiary/aromatic N) is 1. The third kappa shape index (κ3) is 4.07. The molecule has 0 aliphatic heterocycles. The average molecular weight is 270 g/mol. The van der Waals surface area contributed by atoms with Crippen molar-refractivity contribution < 1.29 is 0 Å². The molecule has 0 aliphatic rings. The van der Waals surface area contributed by atoms with Gasteiger partial charge >= 0.3 is 0 Å². The van der Waals surface area contributed by atoms with Crippen LogP contribution in [0, 0.1) is 6.92 Å². The lowest BCUT2D eigenvalue weighted by atomic mass is 10.1. The second kappa shape index (κ2) is 6.34. The Morgan fingerprint density at radius 1 is 1.05 bits per heavy atom. The van der Waals surface area contributed by atoms with Crippen molar-refractivity contribution in [2.75, 3.05) is 12.4 Å². The normalized spacial score (nSPS) is 10.0. The molecule has 0 aliphatic carbocycles. The highest BCUT2D eigenvalue weighted by atomic mass is 32.1. The molecule has 2 aromatic rings. The van der Waals surface area contributed by atoms with Crippen LogP contribution >= 0.6 is 12.2 Å². The van der Waals surface area contributed by atoms with Gasteiger partial charge in [-0.15, -0.1) is 0 Å². The van der Waals surface area contributed by atoms with E-state index in [1.807, 2.05) is 42.3 Å². The molecule has 0 aromatic heterocycles. The van der Waals surface area contributed by atoms with Crippen molar-refractivity contribution in [2.45, 2.75) is 13.5 Å². The van der Waals surface area contributed by atoms with Gasteiger partial charge in [-0.1, -0.05) is 48.0 Å². The van der Waals surface area contributed by atoms with Gasteiger partial charge in [-0.25, -0.2) is 0 Å². The van der Waals surface area contributed by atoms with E-state index >= 15 is 0 Å². The van der Waals surface area contributed by atoms with E-state index in [2.05, 4.69) is 36.5 Å². The van der Waals surface area contributed by atoms with Crippen LogP contribution in [0.3, 0.4) is 0 Å². The van der Waals surface area contributed by atoms with Crippen LogP contribution in [0.15, 0.2) is 54.6 Å². The molecule has 3 heteroatoms. The zero-order valence-corrected chi connectivity index (χ0v) is 12.1. The fourth-order valence-electron chi connectivity index (χ4n) is 1.78. The number of para-hydroxylation sites is 1. The van der Waals surface area contributed by atoms with Crippen molar-refractivity contribution in [1.29, 1.82) is 0 Å². The number of nitrogens with one attached hydrogen (secondary N) is 1. The zero-order valence-electron chi connectivity index (χ0n) is 11.3. The van der Waals surface area contributed by atoms with Crippen molar-refractivity contribution in [3.63, 3.8) is 0 Å². The topological polar surface area (TPSA) is 15.3 Å². The summed E-state index contributed by atoms with van der Waals surface area (Å²) in [7, 11) is 2.00. The Morgan fingerprint density at radius 3 is 2.32 bits per heavy atom. The molecule has 0 spiro atoms. The molecule has 0 saturated heterocycles. The Kier molecular flexibility index (Phi) is 4.53. The highest BCUT2D eigenvalue weighted by Crippen LogP contribution is 2.09. The Hall–Kier alpha value is -1.87. The molecule has 2 aromatic carbocycles. The van der Waals surface area contributed by atoms with Gasteiger partial charge in [-0.2, -0.15) is 0 Å². The molecule has 0 fully saturated rings. The zero-order chi connectivity index (χ0) is 13.7. The van der Waals surface area contributed by atoms with E-state index in [9.17, 15) is 0 Å². The third-order valence-corrected chi connectivity index (χ3v) is 3.33. The van der Waals surface area contributed by atoms with Crippen molar-refractivity contribution in [2.24, 2.45) is 0 Å². The summed E-state index contributed by atoms with van der Waals surface area (Å²) in [6.45, 7) is 2.90. The summed E-state index contributed by atoms with van der Waals surface area (Å²) in [5, 5.41) is 3.96. The number of thiocarbonyl (C=S) groups is 1. The van der Waals surface area contributed by atoms with Gasteiger partial charge in [0.25, 0.3) is 0 Å². The minimum absolute atomic E-state index is 0.728. The van der Waals surface area contributed by atoms with E-state index in [0.29, 0.717) is 0 Å². The SMILES string of the molecule is Cc1ccc(CN(C)C(=S)Nc2ccccc2)cc1. The molecule has 2 nitrogen and oxygen atoms in total. The molecular weight excluding hydrogens is 252 g/mol. The molecule has 2 rings (SSSR count). The van der Waals surface area contributed by atoms with Gasteiger partial charge in [-0.05, 0) is 36.8 Å². The van der Waals surface area contributed by atoms with Crippen molar-refractivity contribution in [3.05, 3.63) is 65.7 Å². The lowest BCUT2D eigenvalue weighted by molar-refractivity contribution is 0.508. The minimum atomic E-state index is 0.728. The van der Waals surface area contributed by atoms with Gasteiger partial charge < -0.3 is 10.2 Å². The first-order valence-corrected chi connectivity index (χ1v) is 6.69. The van der Waals surface area contributed by atoms with Crippen molar-refractivity contribution >= 4 is 23.0 Å². The predicted octanol–water partition coefficient (Wildman–Crippen LogP) is 3.82. The van der Waals surface area contributed by atoms with Gasteiger partial charge in [0.15, 0.2) is 5.11 Å². The van der Waals surface area contributed by atoms with Gasteiger partial charge in [0.05, 0.1) is 0 Å². The smallest absolute Gasteiger partial charge is 0.173 e. The van der Waals surface area contributed by atoms with E-state index < -0.39 is 0 Å². The highest BCUT2D eigenvalue weighted by Gasteiger charge is 2.05. The summed E-state index contributed by atoms with van der Waals surface area (Å²) < 4.78 is 0. The maximum absolute atomic E-state index is 5.40. The van der Waals surface area contributed by atoms with E-state index in [0.717, 1.165) is 17.3 Å². The van der Waals surface area contributed by atoms with E-state index in [1.54, 1.807) is 0 Å². The van der Waals surface area contributed by atoms with Crippen molar-refractivity contribution in [3.8, 4) is 0 Å². The predicted molar refractivity (Wildman–Crippen MR) is 85.3 cm³/mol. The number of benzene rings is 2. The fraction of sp³-hybridized carbons (Fsp3) is 0.188. The maximum atomic E-state index is 5.40. The van der Waals surface area contributed by atoms with Gasteiger partial charge in [0.2, 0.25) is 0 Å². The van der Waals surface area contributed by atoms with E-state index in [4.69, 9.17) is 12.2 Å². The minimum Gasteiger partial charge on any atom is -0.348 e. The number of hydrogen-bond donors (Lipinski definition) is 1. The van der Waals surface area contributed by atoms with Crippen LogP contribution in [-0.4, -0.2) is 17.1 Å². The lowest BCUT2D eigenvalue weighted by Crippen LogP contribution is -2.30. The summed E-state index contributed by atoms with van der Waals surface area (Å²) >= 11 is 5.40. The molecule has 0 unspecified atom stereocenters. The lowest BCUT2D eigenvalue weighted by Gasteiger charge is -2.21. The first kappa shape index (κ1) is 13.6. The second-order valence-corrected chi connectivity index (χ2v) is 5.02. The van der Waals surface area contributed by atoms with Crippen LogP contribution in [0.5, 0.6) is 0 Å². The van der Waals surface area contributed by atoms with Gasteiger partial charge in [0, 0.05) is 19.3 Å². The van der Waals surface area contributed by atoms with Crippen molar-refractivity contribution in [1.82, 2.24) is 4.90 Å². The number of anilines is 1. The summed E-state index contributed by atoms with van der Waals surface area (Å²) in [5.74, 6) is 0. The third-order valence-electron chi connectivity index (χ3n) is 2.91. The molecule has 1 N–H and O–H groups in total. The summed E-state index contributed by atoms with van der Waals surface area (Å²) in [5.41, 5.74) is 3.55. The molecule has 0 atom stereocenters. The second-order valence-electron chi connectivity index (χ2n) is 4.64. The number of hydrogen-bond acceptors (Lipinski definition) is 1. The first-order valence-electron chi connectivity index (χ1n) is 6.28. The number of rotatable bonds is 3. The monoisotopic (exact) mass is 270 g/mol. The molecule has 0 saturated carbocycles. The Labute approximate surface area is 120 Å². The standard InChI is InChI=1S/C16H18N2S/c1-13-8-10-14(11-9-13)12-18(2)16(19)17-15-6-4-3-5-7-15/h3-11H,12H2,1-2H3,(H,17,19). The van der Waals surface area contributed by atoms with Crippen LogP contribution in [0.2, 0.25) is 0 Å².